The maximum atomic E-state index is 11.8. The molecule has 1 atom stereocenters. The van der Waals surface area contributed by atoms with Crippen molar-refractivity contribution in [3.8, 4) is 5.75 Å². The molecule has 0 fully saturated rings. The Morgan fingerprint density at radius 2 is 2.10 bits per heavy atom. The van der Waals surface area contributed by atoms with Gasteiger partial charge in [-0.25, -0.2) is 0 Å². The van der Waals surface area contributed by atoms with Gasteiger partial charge in [0, 0.05) is 16.0 Å². The minimum Gasteiger partial charge on any atom is -0.484 e. The molecule has 1 unspecified atom stereocenters. The normalized spacial score (nSPS) is 11.7. The van der Waals surface area contributed by atoms with Gasteiger partial charge in [-0.1, -0.05) is 6.07 Å². The summed E-state index contributed by atoms with van der Waals surface area (Å²) < 4.78 is 6.56. The van der Waals surface area contributed by atoms with E-state index in [0.717, 1.165) is 9.13 Å². The fraction of sp³-hybridized carbons (Fsp3) is 0.200. The van der Waals surface area contributed by atoms with Gasteiger partial charge in [-0.15, -0.1) is 0 Å². The highest BCUT2D eigenvalue weighted by molar-refractivity contribution is 14.1. The number of carbonyl (C=O) groups is 1. The summed E-state index contributed by atoms with van der Waals surface area (Å²) in [7, 11) is 0. The largest absolute Gasteiger partial charge is 0.484 e. The van der Waals surface area contributed by atoms with E-state index in [0.29, 0.717) is 5.75 Å². The molecule has 104 valence electrons. The number of ether oxygens (including phenoxy) is 1. The molecule has 0 saturated carbocycles. The molecule has 1 aromatic heterocycles. The fourth-order valence-electron chi connectivity index (χ4n) is 1.68. The summed E-state index contributed by atoms with van der Waals surface area (Å²) in [4.78, 5) is 15.8. The molecule has 2 rings (SSSR count). The zero-order valence-corrected chi connectivity index (χ0v) is 13.2. The average molecular weight is 382 g/mol. The van der Waals surface area contributed by atoms with Crippen LogP contribution in [0.2, 0.25) is 0 Å². The standard InChI is InChI=1S/C15H15IN2O2/c1-11(12-3-2-8-17-9-12)18-15(19)10-20-14-6-4-13(16)5-7-14/h2-9,11H,10H2,1H3,(H,18,19). The molecule has 4 nitrogen and oxygen atoms in total. The minimum atomic E-state index is -0.153. The van der Waals surface area contributed by atoms with Crippen LogP contribution < -0.4 is 10.1 Å². The number of halogens is 1. The van der Waals surface area contributed by atoms with E-state index in [2.05, 4.69) is 32.9 Å². The molecule has 0 aliphatic heterocycles. The monoisotopic (exact) mass is 382 g/mol. The van der Waals surface area contributed by atoms with Gasteiger partial charge in [0.15, 0.2) is 6.61 Å². The van der Waals surface area contributed by atoms with Gasteiger partial charge >= 0.3 is 0 Å². The molecule has 0 radical (unpaired) electrons. The third-order valence-electron chi connectivity index (χ3n) is 2.75. The highest BCUT2D eigenvalue weighted by atomic mass is 127. The number of amides is 1. The Morgan fingerprint density at radius 3 is 2.75 bits per heavy atom. The molecule has 0 bridgehead atoms. The molecule has 1 heterocycles. The number of rotatable bonds is 5. The molecule has 2 aromatic rings. The predicted octanol–water partition coefficient (Wildman–Crippen LogP) is 2.94. The summed E-state index contributed by atoms with van der Waals surface area (Å²) in [5.74, 6) is 0.537. The summed E-state index contributed by atoms with van der Waals surface area (Å²) >= 11 is 2.22. The molecule has 5 heteroatoms. The molecule has 20 heavy (non-hydrogen) atoms. The van der Waals surface area contributed by atoms with E-state index in [1.807, 2.05) is 43.3 Å². The molecule has 1 amide bonds. The highest BCUT2D eigenvalue weighted by Gasteiger charge is 2.09. The Morgan fingerprint density at radius 1 is 1.35 bits per heavy atom. The average Bonchev–Trinajstić information content (AvgIpc) is 2.47. The summed E-state index contributed by atoms with van der Waals surface area (Å²) in [5.41, 5.74) is 0.968. The number of benzene rings is 1. The third kappa shape index (κ3) is 4.48. The maximum absolute atomic E-state index is 11.8. The summed E-state index contributed by atoms with van der Waals surface area (Å²) in [6, 6.07) is 11.3. The lowest BCUT2D eigenvalue weighted by Crippen LogP contribution is -2.31. The van der Waals surface area contributed by atoms with Crippen molar-refractivity contribution in [2.75, 3.05) is 6.61 Å². The van der Waals surface area contributed by atoms with E-state index in [1.165, 1.54) is 0 Å². The third-order valence-corrected chi connectivity index (χ3v) is 3.46. The van der Waals surface area contributed by atoms with Crippen molar-refractivity contribution in [1.82, 2.24) is 10.3 Å². The van der Waals surface area contributed by atoms with Gasteiger partial charge in [-0.3, -0.25) is 9.78 Å². The van der Waals surface area contributed by atoms with Crippen LogP contribution in [-0.2, 0) is 4.79 Å². The second-order valence-corrected chi connectivity index (χ2v) is 5.56. The predicted molar refractivity (Wildman–Crippen MR) is 85.4 cm³/mol. The second kappa shape index (κ2) is 7.23. The smallest absolute Gasteiger partial charge is 0.258 e. The molecule has 1 aromatic carbocycles. The van der Waals surface area contributed by atoms with Crippen molar-refractivity contribution >= 4 is 28.5 Å². The second-order valence-electron chi connectivity index (χ2n) is 4.32. The lowest BCUT2D eigenvalue weighted by molar-refractivity contribution is -0.123. The van der Waals surface area contributed by atoms with Crippen LogP contribution in [0.25, 0.3) is 0 Å². The topological polar surface area (TPSA) is 51.2 Å². The molecular formula is C15H15IN2O2. The summed E-state index contributed by atoms with van der Waals surface area (Å²) in [5, 5.41) is 2.87. The van der Waals surface area contributed by atoms with Crippen LogP contribution in [0.4, 0.5) is 0 Å². The number of hydrogen-bond donors (Lipinski definition) is 1. The van der Waals surface area contributed by atoms with Gasteiger partial charge in [0.25, 0.3) is 5.91 Å². The molecule has 1 N–H and O–H groups in total. The van der Waals surface area contributed by atoms with Crippen LogP contribution in [-0.4, -0.2) is 17.5 Å². The zero-order valence-electron chi connectivity index (χ0n) is 11.0. The minimum absolute atomic E-state index is 0.00515. The molecular weight excluding hydrogens is 367 g/mol. The van der Waals surface area contributed by atoms with Crippen molar-refractivity contribution < 1.29 is 9.53 Å². The Hall–Kier alpha value is -1.63. The number of carbonyl (C=O) groups excluding carboxylic acids is 1. The van der Waals surface area contributed by atoms with Crippen LogP contribution in [0.3, 0.4) is 0 Å². The maximum Gasteiger partial charge on any atom is 0.258 e. The first-order chi connectivity index (χ1) is 9.65. The van der Waals surface area contributed by atoms with Gasteiger partial charge in [0.05, 0.1) is 6.04 Å². The van der Waals surface area contributed by atoms with E-state index >= 15 is 0 Å². The van der Waals surface area contributed by atoms with Crippen molar-refractivity contribution in [3.63, 3.8) is 0 Å². The van der Waals surface area contributed by atoms with E-state index in [9.17, 15) is 4.79 Å². The first kappa shape index (κ1) is 14.8. The van der Waals surface area contributed by atoms with Gasteiger partial charge in [-0.2, -0.15) is 0 Å². The van der Waals surface area contributed by atoms with Gasteiger partial charge < -0.3 is 10.1 Å². The molecule has 0 saturated heterocycles. The van der Waals surface area contributed by atoms with E-state index < -0.39 is 0 Å². The van der Waals surface area contributed by atoms with Gasteiger partial charge in [0.1, 0.15) is 5.75 Å². The number of nitrogens with one attached hydrogen (secondary N) is 1. The SMILES string of the molecule is CC(NC(=O)COc1ccc(I)cc1)c1cccnc1. The van der Waals surface area contributed by atoms with Crippen molar-refractivity contribution in [3.05, 3.63) is 57.9 Å². The van der Waals surface area contributed by atoms with E-state index in [4.69, 9.17) is 4.74 Å². The van der Waals surface area contributed by atoms with Crippen LogP contribution in [0.15, 0.2) is 48.8 Å². The van der Waals surface area contributed by atoms with Crippen LogP contribution in [0, 0.1) is 3.57 Å². The Balaban J connectivity index is 1.82. The number of hydrogen-bond acceptors (Lipinski definition) is 3. The van der Waals surface area contributed by atoms with Gasteiger partial charge in [-0.05, 0) is 65.4 Å². The Labute approximate surface area is 131 Å². The van der Waals surface area contributed by atoms with Gasteiger partial charge in [0.2, 0.25) is 0 Å². The zero-order chi connectivity index (χ0) is 14.4. The van der Waals surface area contributed by atoms with Crippen LogP contribution >= 0.6 is 22.6 Å². The first-order valence-corrected chi connectivity index (χ1v) is 7.30. The molecule has 0 spiro atoms. The van der Waals surface area contributed by atoms with E-state index in [-0.39, 0.29) is 18.6 Å². The van der Waals surface area contributed by atoms with Crippen molar-refractivity contribution in [2.45, 2.75) is 13.0 Å². The van der Waals surface area contributed by atoms with Crippen molar-refractivity contribution in [2.24, 2.45) is 0 Å². The lowest BCUT2D eigenvalue weighted by atomic mass is 10.1. The van der Waals surface area contributed by atoms with Crippen molar-refractivity contribution in [1.29, 1.82) is 0 Å². The summed E-state index contributed by atoms with van der Waals surface area (Å²) in [6.45, 7) is 1.92. The number of aromatic nitrogens is 1. The number of pyridine rings is 1. The Bertz CT molecular complexity index is 558. The summed E-state index contributed by atoms with van der Waals surface area (Å²) in [6.07, 6.45) is 3.45. The fourth-order valence-corrected chi connectivity index (χ4v) is 2.04. The highest BCUT2D eigenvalue weighted by Crippen LogP contribution is 2.13. The van der Waals surface area contributed by atoms with E-state index in [1.54, 1.807) is 12.4 Å². The van der Waals surface area contributed by atoms with Crippen LogP contribution in [0.5, 0.6) is 5.75 Å². The molecule has 0 aliphatic carbocycles. The molecule has 0 aliphatic rings. The lowest BCUT2D eigenvalue weighted by Gasteiger charge is -2.14. The Kier molecular flexibility index (Phi) is 5.34. The van der Waals surface area contributed by atoms with Crippen LogP contribution in [0.1, 0.15) is 18.5 Å². The first-order valence-electron chi connectivity index (χ1n) is 6.23. The number of nitrogens with zero attached hydrogens (tertiary/aromatic N) is 1. The quantitative estimate of drug-likeness (QED) is 0.810.